The summed E-state index contributed by atoms with van der Waals surface area (Å²) >= 11 is 0. The van der Waals surface area contributed by atoms with Crippen LogP contribution in [0.1, 0.15) is 40.5 Å². The highest BCUT2D eigenvalue weighted by atomic mass is 16.5. The van der Waals surface area contributed by atoms with Gasteiger partial charge in [0, 0.05) is 0 Å². The number of carbonyl (C=O) groups is 2. The van der Waals surface area contributed by atoms with Crippen LogP contribution in [0.2, 0.25) is 0 Å². The van der Waals surface area contributed by atoms with E-state index in [2.05, 4.69) is 12.2 Å². The molecular weight excluding hydrogens is 280 g/mol. The first kappa shape index (κ1) is 17.0. The highest BCUT2D eigenvalue weighted by molar-refractivity contribution is 5.83. The fourth-order valence-corrected chi connectivity index (χ4v) is 3.33. The van der Waals surface area contributed by atoms with E-state index >= 15 is 0 Å². The molecule has 0 aromatic rings. The molecule has 0 aliphatic heterocycles. The van der Waals surface area contributed by atoms with Gasteiger partial charge in [-0.15, -0.1) is 0 Å². The number of hydrogen-bond acceptors (Lipinski definition) is 4. The van der Waals surface area contributed by atoms with Crippen LogP contribution in [0.3, 0.4) is 0 Å². The van der Waals surface area contributed by atoms with E-state index in [0.717, 1.165) is 12.8 Å². The number of rotatable bonds is 6. The van der Waals surface area contributed by atoms with Gasteiger partial charge < -0.3 is 9.47 Å². The van der Waals surface area contributed by atoms with Crippen LogP contribution in [-0.2, 0) is 19.1 Å². The van der Waals surface area contributed by atoms with Crippen molar-refractivity contribution in [1.29, 1.82) is 0 Å². The molecule has 3 rings (SSSR count). The highest BCUT2D eigenvalue weighted by Crippen LogP contribution is 2.46. The Morgan fingerprint density at radius 1 is 0.864 bits per heavy atom. The van der Waals surface area contributed by atoms with Crippen LogP contribution >= 0.6 is 0 Å². The standard InChI is InChI=1S/C18H28O4/c1-11(2)9-21-17(19)15-13-5-7-14(8-6-13)16(15)18(20)22-10-12(3)4/h5,7,11-16H,6,8-10H2,1-4H3/t13-,14+,15-,16-/m0/s1. The first-order valence-corrected chi connectivity index (χ1v) is 8.41. The average molecular weight is 308 g/mol. The van der Waals surface area contributed by atoms with Crippen molar-refractivity contribution in [2.24, 2.45) is 35.5 Å². The van der Waals surface area contributed by atoms with Gasteiger partial charge in [0.2, 0.25) is 0 Å². The van der Waals surface area contributed by atoms with Crippen molar-refractivity contribution < 1.29 is 19.1 Å². The second-order valence-corrected chi connectivity index (χ2v) is 7.39. The lowest BCUT2D eigenvalue weighted by molar-refractivity contribution is -0.168. The van der Waals surface area contributed by atoms with Crippen LogP contribution in [0.5, 0.6) is 0 Å². The van der Waals surface area contributed by atoms with Crippen molar-refractivity contribution in [2.45, 2.75) is 40.5 Å². The van der Waals surface area contributed by atoms with Gasteiger partial charge in [0.05, 0.1) is 25.0 Å². The van der Waals surface area contributed by atoms with Gasteiger partial charge in [-0.1, -0.05) is 39.8 Å². The third kappa shape index (κ3) is 3.90. The predicted octanol–water partition coefficient (Wildman–Crippen LogP) is 3.21. The Balaban J connectivity index is 2.08. The molecule has 0 saturated heterocycles. The Morgan fingerprint density at radius 3 is 1.50 bits per heavy atom. The van der Waals surface area contributed by atoms with Crippen LogP contribution in [-0.4, -0.2) is 25.2 Å². The summed E-state index contributed by atoms with van der Waals surface area (Å²) in [4.78, 5) is 25.0. The maximum atomic E-state index is 12.5. The summed E-state index contributed by atoms with van der Waals surface area (Å²) in [7, 11) is 0. The summed E-state index contributed by atoms with van der Waals surface area (Å²) in [5.74, 6) is -0.399. The van der Waals surface area contributed by atoms with Crippen LogP contribution in [0, 0.1) is 35.5 Å². The van der Waals surface area contributed by atoms with E-state index in [4.69, 9.17) is 9.47 Å². The molecule has 0 N–H and O–H groups in total. The average Bonchev–Trinajstić information content (AvgIpc) is 2.50. The zero-order valence-electron chi connectivity index (χ0n) is 14.1. The fourth-order valence-electron chi connectivity index (χ4n) is 3.33. The lowest BCUT2D eigenvalue weighted by atomic mass is 9.62. The number of hydrogen-bond donors (Lipinski definition) is 0. The van der Waals surface area contributed by atoms with E-state index in [9.17, 15) is 9.59 Å². The molecule has 1 saturated carbocycles. The first-order valence-electron chi connectivity index (χ1n) is 8.41. The molecule has 2 bridgehead atoms. The minimum atomic E-state index is -0.373. The minimum Gasteiger partial charge on any atom is -0.465 e. The maximum Gasteiger partial charge on any atom is 0.310 e. The molecule has 0 amide bonds. The second-order valence-electron chi connectivity index (χ2n) is 7.39. The molecular formula is C18H28O4. The monoisotopic (exact) mass is 308 g/mol. The van der Waals surface area contributed by atoms with Crippen molar-refractivity contribution in [2.75, 3.05) is 13.2 Å². The van der Waals surface area contributed by atoms with Gasteiger partial charge in [-0.05, 0) is 36.5 Å². The molecule has 0 radical (unpaired) electrons. The lowest BCUT2D eigenvalue weighted by Crippen LogP contribution is -2.46. The first-order chi connectivity index (χ1) is 10.4. The Labute approximate surface area is 133 Å². The van der Waals surface area contributed by atoms with E-state index in [1.165, 1.54) is 0 Å². The number of allylic oxidation sites excluding steroid dienone is 2. The van der Waals surface area contributed by atoms with E-state index in [0.29, 0.717) is 25.0 Å². The van der Waals surface area contributed by atoms with E-state index < -0.39 is 0 Å². The number of fused-ring (bicyclic) bond motifs is 2. The largest absolute Gasteiger partial charge is 0.465 e. The predicted molar refractivity (Wildman–Crippen MR) is 83.9 cm³/mol. The number of ether oxygens (including phenoxy) is 2. The Morgan fingerprint density at radius 2 is 1.23 bits per heavy atom. The Bertz CT molecular complexity index is 398. The summed E-state index contributed by atoms with van der Waals surface area (Å²) < 4.78 is 10.8. The Hall–Kier alpha value is -1.32. The van der Waals surface area contributed by atoms with Crippen molar-refractivity contribution in [1.82, 2.24) is 0 Å². The fraction of sp³-hybridized carbons (Fsp3) is 0.778. The quantitative estimate of drug-likeness (QED) is 0.558. The normalized spacial score (nSPS) is 29.9. The van der Waals surface area contributed by atoms with E-state index in [1.807, 2.05) is 27.7 Å². The summed E-state index contributed by atoms with van der Waals surface area (Å²) in [6.45, 7) is 8.85. The topological polar surface area (TPSA) is 52.6 Å². The molecule has 1 fully saturated rings. The molecule has 4 heteroatoms. The molecule has 4 nitrogen and oxygen atoms in total. The zero-order chi connectivity index (χ0) is 16.3. The molecule has 22 heavy (non-hydrogen) atoms. The molecule has 0 aromatic carbocycles. The maximum absolute atomic E-state index is 12.5. The summed E-state index contributed by atoms with van der Waals surface area (Å²) in [5.41, 5.74) is 0. The minimum absolute atomic E-state index is 0.112. The van der Waals surface area contributed by atoms with Gasteiger partial charge in [-0.2, -0.15) is 0 Å². The molecule has 0 spiro atoms. The number of carbonyl (C=O) groups excluding carboxylic acids is 2. The lowest BCUT2D eigenvalue weighted by Gasteiger charge is -2.42. The SMILES string of the molecule is CC(C)COC(=O)[C@@H]1[C@@H](C(=O)OCC(C)C)[C@H]2C=C[C@@H]1CC2. The van der Waals surface area contributed by atoms with Gasteiger partial charge in [-0.25, -0.2) is 0 Å². The molecule has 0 aromatic heterocycles. The van der Waals surface area contributed by atoms with Crippen LogP contribution in [0.4, 0.5) is 0 Å². The molecule has 3 aliphatic carbocycles. The molecule has 3 aliphatic rings. The van der Waals surface area contributed by atoms with Gasteiger partial charge in [0.1, 0.15) is 0 Å². The molecule has 0 unspecified atom stereocenters. The summed E-state index contributed by atoms with van der Waals surface area (Å²) in [6.07, 6.45) is 6.08. The van der Waals surface area contributed by atoms with Gasteiger partial charge in [0.25, 0.3) is 0 Å². The van der Waals surface area contributed by atoms with Crippen molar-refractivity contribution >= 4 is 11.9 Å². The van der Waals surface area contributed by atoms with Gasteiger partial charge in [-0.3, -0.25) is 9.59 Å². The van der Waals surface area contributed by atoms with Gasteiger partial charge >= 0.3 is 11.9 Å². The van der Waals surface area contributed by atoms with E-state index in [1.54, 1.807) is 0 Å². The van der Waals surface area contributed by atoms with Gasteiger partial charge in [0.15, 0.2) is 0 Å². The van der Waals surface area contributed by atoms with Crippen LogP contribution < -0.4 is 0 Å². The molecule has 0 heterocycles. The third-order valence-electron chi connectivity index (χ3n) is 4.41. The van der Waals surface area contributed by atoms with Crippen molar-refractivity contribution in [3.63, 3.8) is 0 Å². The summed E-state index contributed by atoms with van der Waals surface area (Å²) in [6, 6.07) is 0. The highest BCUT2D eigenvalue weighted by Gasteiger charge is 2.49. The molecule has 124 valence electrons. The van der Waals surface area contributed by atoms with Crippen molar-refractivity contribution in [3.05, 3.63) is 12.2 Å². The zero-order valence-corrected chi connectivity index (χ0v) is 14.1. The van der Waals surface area contributed by atoms with E-state index in [-0.39, 0.29) is 35.6 Å². The van der Waals surface area contributed by atoms with Crippen molar-refractivity contribution in [3.8, 4) is 0 Å². The van der Waals surface area contributed by atoms with Crippen LogP contribution in [0.25, 0.3) is 0 Å². The second kappa shape index (κ2) is 7.30. The molecule has 4 atom stereocenters. The van der Waals surface area contributed by atoms with Crippen LogP contribution in [0.15, 0.2) is 12.2 Å². The Kier molecular flexibility index (Phi) is 5.65. The smallest absolute Gasteiger partial charge is 0.310 e. The third-order valence-corrected chi connectivity index (χ3v) is 4.41. The number of esters is 2. The summed E-state index contributed by atoms with van der Waals surface area (Å²) in [5, 5.41) is 0.